The minimum absolute atomic E-state index is 0.0466. The van der Waals surface area contributed by atoms with Gasteiger partial charge in [0.2, 0.25) is 0 Å². The van der Waals surface area contributed by atoms with E-state index in [-0.39, 0.29) is 5.78 Å². The van der Waals surface area contributed by atoms with Gasteiger partial charge in [-0.15, -0.1) is 0 Å². The molecule has 0 aromatic heterocycles. The molecule has 0 N–H and O–H groups in total. The van der Waals surface area contributed by atoms with E-state index >= 15 is 0 Å². The van der Waals surface area contributed by atoms with Crippen LogP contribution >= 0.6 is 27.5 Å². The molecule has 0 heterocycles. The van der Waals surface area contributed by atoms with Gasteiger partial charge >= 0.3 is 0 Å². The van der Waals surface area contributed by atoms with E-state index in [1.165, 1.54) is 0 Å². The third kappa shape index (κ3) is 3.94. The second kappa shape index (κ2) is 7.85. The van der Waals surface area contributed by atoms with Crippen LogP contribution in [-0.2, 0) is 0 Å². The summed E-state index contributed by atoms with van der Waals surface area (Å²) in [5.74, 6) is 0.706. The van der Waals surface area contributed by atoms with Crippen molar-refractivity contribution in [3.05, 3.63) is 87.4 Å². The van der Waals surface area contributed by atoms with E-state index in [9.17, 15) is 4.79 Å². The van der Waals surface area contributed by atoms with Crippen molar-refractivity contribution in [2.24, 2.45) is 0 Å². The molecular formula is C21H16BrClO2. The Morgan fingerprint density at radius 1 is 1.00 bits per heavy atom. The third-order valence-electron chi connectivity index (χ3n) is 3.82. The Balaban J connectivity index is 2.03. The summed E-state index contributed by atoms with van der Waals surface area (Å²) in [4.78, 5) is 13.0. The zero-order valence-corrected chi connectivity index (χ0v) is 16.0. The van der Waals surface area contributed by atoms with Gasteiger partial charge in [-0.3, -0.25) is 4.79 Å². The monoisotopic (exact) mass is 414 g/mol. The van der Waals surface area contributed by atoms with E-state index in [1.54, 1.807) is 12.1 Å². The molecule has 0 aliphatic carbocycles. The summed E-state index contributed by atoms with van der Waals surface area (Å²) in [7, 11) is 0. The minimum Gasteiger partial charge on any atom is -0.494 e. The van der Waals surface area contributed by atoms with E-state index in [0.29, 0.717) is 22.8 Å². The molecule has 3 rings (SSSR count). The number of hydrogen-bond acceptors (Lipinski definition) is 2. The first kappa shape index (κ1) is 17.7. The normalized spacial score (nSPS) is 10.5. The number of halogens is 2. The molecule has 3 aromatic carbocycles. The number of ether oxygens (including phenoxy) is 1. The number of carbonyl (C=O) groups excluding carboxylic acids is 1. The van der Waals surface area contributed by atoms with Gasteiger partial charge in [0, 0.05) is 26.2 Å². The molecular weight excluding hydrogens is 400 g/mol. The summed E-state index contributed by atoms with van der Waals surface area (Å²) in [6, 6.07) is 20.3. The summed E-state index contributed by atoms with van der Waals surface area (Å²) in [6.07, 6.45) is 0. The topological polar surface area (TPSA) is 26.3 Å². The number of benzene rings is 3. The Bertz CT molecular complexity index is 904. The maximum Gasteiger partial charge on any atom is 0.193 e. The van der Waals surface area contributed by atoms with Crippen molar-refractivity contribution < 1.29 is 9.53 Å². The quantitative estimate of drug-likeness (QED) is 0.451. The number of ketones is 1. The molecule has 126 valence electrons. The van der Waals surface area contributed by atoms with E-state index in [4.69, 9.17) is 16.3 Å². The highest BCUT2D eigenvalue weighted by Gasteiger charge is 2.16. The highest BCUT2D eigenvalue weighted by molar-refractivity contribution is 9.10. The van der Waals surface area contributed by atoms with Crippen LogP contribution in [0.25, 0.3) is 11.1 Å². The van der Waals surface area contributed by atoms with Crippen molar-refractivity contribution in [2.75, 3.05) is 6.61 Å². The fraction of sp³-hybridized carbons (Fsp3) is 0.0952. The third-order valence-corrected chi connectivity index (χ3v) is 4.64. The van der Waals surface area contributed by atoms with Crippen molar-refractivity contribution in [3.63, 3.8) is 0 Å². The molecule has 3 aromatic rings. The van der Waals surface area contributed by atoms with Crippen LogP contribution in [0.2, 0.25) is 5.02 Å². The Labute approximate surface area is 160 Å². The summed E-state index contributed by atoms with van der Waals surface area (Å²) < 4.78 is 6.35. The summed E-state index contributed by atoms with van der Waals surface area (Å²) in [5, 5.41) is 0.607. The van der Waals surface area contributed by atoms with Gasteiger partial charge in [0.15, 0.2) is 5.78 Å². The molecule has 0 unspecified atom stereocenters. The summed E-state index contributed by atoms with van der Waals surface area (Å²) in [5.41, 5.74) is 2.87. The van der Waals surface area contributed by atoms with Crippen LogP contribution < -0.4 is 4.74 Å². The van der Waals surface area contributed by atoms with Crippen molar-refractivity contribution in [1.29, 1.82) is 0 Å². The average Bonchev–Trinajstić information content (AvgIpc) is 2.64. The van der Waals surface area contributed by atoms with Crippen LogP contribution in [0.5, 0.6) is 5.75 Å². The standard InChI is InChI=1S/C21H16BrClO2/c1-2-25-16-10-7-14(8-11-16)21(24)18-6-4-3-5-17(18)19-13-15(22)9-12-20(19)23/h3-13H,2H2,1H3. The average molecular weight is 416 g/mol. The molecule has 0 bridgehead atoms. The fourth-order valence-electron chi connectivity index (χ4n) is 2.64. The van der Waals surface area contributed by atoms with Gasteiger partial charge in [-0.2, -0.15) is 0 Å². The van der Waals surface area contributed by atoms with E-state index in [1.807, 2.05) is 61.5 Å². The largest absolute Gasteiger partial charge is 0.494 e. The van der Waals surface area contributed by atoms with Gasteiger partial charge in [0.05, 0.1) is 6.61 Å². The second-order valence-electron chi connectivity index (χ2n) is 5.46. The van der Waals surface area contributed by atoms with Crippen LogP contribution in [0, 0.1) is 0 Å². The van der Waals surface area contributed by atoms with Crippen LogP contribution in [0.15, 0.2) is 71.2 Å². The molecule has 0 saturated heterocycles. The molecule has 4 heteroatoms. The zero-order valence-electron chi connectivity index (χ0n) is 13.6. The van der Waals surface area contributed by atoms with Gasteiger partial charge in [-0.1, -0.05) is 51.8 Å². The Morgan fingerprint density at radius 3 is 2.44 bits per heavy atom. The van der Waals surface area contributed by atoms with E-state index < -0.39 is 0 Å². The molecule has 0 aliphatic rings. The highest BCUT2D eigenvalue weighted by Crippen LogP contribution is 2.34. The predicted octanol–water partition coefficient (Wildman–Crippen LogP) is 6.40. The number of carbonyl (C=O) groups is 1. The SMILES string of the molecule is CCOc1ccc(C(=O)c2ccccc2-c2cc(Br)ccc2Cl)cc1. The van der Waals surface area contributed by atoms with E-state index in [2.05, 4.69) is 15.9 Å². The second-order valence-corrected chi connectivity index (χ2v) is 6.78. The smallest absolute Gasteiger partial charge is 0.193 e. The Hall–Kier alpha value is -2.10. The van der Waals surface area contributed by atoms with Gasteiger partial charge < -0.3 is 4.74 Å². The lowest BCUT2D eigenvalue weighted by molar-refractivity contribution is 0.103. The molecule has 0 saturated carbocycles. The van der Waals surface area contributed by atoms with Gasteiger partial charge in [0.25, 0.3) is 0 Å². The fourth-order valence-corrected chi connectivity index (χ4v) is 3.23. The van der Waals surface area contributed by atoms with Crippen LogP contribution in [0.4, 0.5) is 0 Å². The summed E-state index contributed by atoms with van der Waals surface area (Å²) in [6.45, 7) is 2.52. The molecule has 0 amide bonds. The predicted molar refractivity (Wildman–Crippen MR) is 106 cm³/mol. The zero-order chi connectivity index (χ0) is 17.8. The molecule has 0 radical (unpaired) electrons. The summed E-state index contributed by atoms with van der Waals surface area (Å²) >= 11 is 9.83. The molecule has 0 aliphatic heterocycles. The van der Waals surface area contributed by atoms with Crippen LogP contribution in [-0.4, -0.2) is 12.4 Å². The molecule has 0 spiro atoms. The highest BCUT2D eigenvalue weighted by atomic mass is 79.9. The minimum atomic E-state index is -0.0466. The van der Waals surface area contributed by atoms with E-state index in [0.717, 1.165) is 21.3 Å². The van der Waals surface area contributed by atoms with Crippen molar-refractivity contribution in [3.8, 4) is 16.9 Å². The van der Waals surface area contributed by atoms with Crippen molar-refractivity contribution >= 4 is 33.3 Å². The lowest BCUT2D eigenvalue weighted by Crippen LogP contribution is -2.04. The molecule has 25 heavy (non-hydrogen) atoms. The van der Waals surface area contributed by atoms with Gasteiger partial charge in [0.1, 0.15) is 5.75 Å². The van der Waals surface area contributed by atoms with Crippen molar-refractivity contribution in [1.82, 2.24) is 0 Å². The van der Waals surface area contributed by atoms with Gasteiger partial charge in [-0.05, 0) is 55.0 Å². The Kier molecular flexibility index (Phi) is 5.57. The molecule has 0 atom stereocenters. The Morgan fingerprint density at radius 2 is 1.72 bits per heavy atom. The number of rotatable bonds is 5. The van der Waals surface area contributed by atoms with Gasteiger partial charge in [-0.25, -0.2) is 0 Å². The lowest BCUT2D eigenvalue weighted by atomic mass is 9.94. The maximum absolute atomic E-state index is 13.0. The first-order valence-electron chi connectivity index (χ1n) is 7.92. The van der Waals surface area contributed by atoms with Crippen LogP contribution in [0.3, 0.4) is 0 Å². The van der Waals surface area contributed by atoms with Crippen LogP contribution in [0.1, 0.15) is 22.8 Å². The van der Waals surface area contributed by atoms with Crippen molar-refractivity contribution in [2.45, 2.75) is 6.92 Å². The first-order valence-corrected chi connectivity index (χ1v) is 9.09. The molecule has 0 fully saturated rings. The molecule has 2 nitrogen and oxygen atoms in total. The lowest BCUT2D eigenvalue weighted by Gasteiger charge is -2.11. The first-order chi connectivity index (χ1) is 12.1. The number of hydrogen-bond donors (Lipinski definition) is 0. The maximum atomic E-state index is 13.0.